The first-order chi connectivity index (χ1) is 6.86. The smallest absolute Gasteiger partial charge is 0.353 e. The lowest BCUT2D eigenvalue weighted by atomic mass is 10.2. The van der Waals surface area contributed by atoms with E-state index in [9.17, 15) is 4.79 Å². The highest BCUT2D eigenvalue weighted by molar-refractivity contribution is 7.25. The highest BCUT2D eigenvalue weighted by Crippen LogP contribution is 2.30. The number of fused-ring (bicyclic) bond motifs is 3. The van der Waals surface area contributed by atoms with Gasteiger partial charge in [-0.1, -0.05) is 18.2 Å². The van der Waals surface area contributed by atoms with Crippen molar-refractivity contribution in [2.75, 3.05) is 0 Å². The molecule has 3 rings (SSSR count). The molecule has 68 valence electrons. The molecule has 0 aliphatic heterocycles. The van der Waals surface area contributed by atoms with E-state index in [1.54, 1.807) is 0 Å². The molecular weight excluding hydrogens is 196 g/mol. The Labute approximate surface area is 83.4 Å². The fourth-order valence-corrected chi connectivity index (χ4v) is 2.67. The van der Waals surface area contributed by atoms with Gasteiger partial charge in [0.15, 0.2) is 0 Å². The molecule has 0 bridgehead atoms. The van der Waals surface area contributed by atoms with Crippen molar-refractivity contribution >= 4 is 31.5 Å². The standard InChI is InChI=1S/C11H6O2S/c12-11-10-8(5-6-13-11)7-3-1-2-4-9(7)14-10/h1-6H. The second-order valence-electron chi connectivity index (χ2n) is 3.05. The van der Waals surface area contributed by atoms with Crippen molar-refractivity contribution in [3.63, 3.8) is 0 Å². The molecule has 0 unspecified atom stereocenters. The molecule has 1 aromatic carbocycles. The van der Waals surface area contributed by atoms with E-state index in [-0.39, 0.29) is 5.63 Å². The van der Waals surface area contributed by atoms with Crippen LogP contribution < -0.4 is 5.63 Å². The van der Waals surface area contributed by atoms with E-state index >= 15 is 0 Å². The van der Waals surface area contributed by atoms with Gasteiger partial charge >= 0.3 is 5.63 Å². The summed E-state index contributed by atoms with van der Waals surface area (Å²) >= 11 is 1.48. The number of hydrogen-bond donors (Lipinski definition) is 0. The van der Waals surface area contributed by atoms with Crippen molar-refractivity contribution in [3.8, 4) is 0 Å². The molecule has 0 fully saturated rings. The van der Waals surface area contributed by atoms with Crippen LogP contribution in [-0.2, 0) is 0 Å². The van der Waals surface area contributed by atoms with Crippen LogP contribution in [0, 0.1) is 0 Å². The largest absolute Gasteiger partial charge is 0.430 e. The molecule has 3 heteroatoms. The molecule has 0 aliphatic rings. The third-order valence-corrected chi connectivity index (χ3v) is 3.40. The van der Waals surface area contributed by atoms with Crippen molar-refractivity contribution < 1.29 is 4.42 Å². The Hall–Kier alpha value is -1.61. The Morgan fingerprint density at radius 1 is 1.07 bits per heavy atom. The minimum Gasteiger partial charge on any atom is -0.430 e. The van der Waals surface area contributed by atoms with Crippen LogP contribution in [0.25, 0.3) is 20.2 Å². The Morgan fingerprint density at radius 3 is 2.86 bits per heavy atom. The molecule has 14 heavy (non-hydrogen) atoms. The molecule has 0 amide bonds. The predicted molar refractivity (Wildman–Crippen MR) is 57.9 cm³/mol. The molecule has 3 aromatic rings. The zero-order valence-corrected chi connectivity index (χ0v) is 8.01. The summed E-state index contributed by atoms with van der Waals surface area (Å²) in [6.45, 7) is 0. The highest BCUT2D eigenvalue weighted by Gasteiger charge is 2.06. The van der Waals surface area contributed by atoms with Crippen molar-refractivity contribution in [2.45, 2.75) is 0 Å². The molecular formula is C11H6O2S. The molecule has 0 saturated heterocycles. The Kier molecular flexibility index (Phi) is 1.49. The third-order valence-electron chi connectivity index (χ3n) is 2.23. The van der Waals surface area contributed by atoms with E-state index in [2.05, 4.69) is 0 Å². The Bertz CT molecular complexity index is 663. The molecule has 0 aliphatic carbocycles. The number of hydrogen-bond acceptors (Lipinski definition) is 3. The second kappa shape index (κ2) is 2.69. The van der Waals surface area contributed by atoms with E-state index < -0.39 is 0 Å². The van der Waals surface area contributed by atoms with Crippen molar-refractivity contribution in [2.24, 2.45) is 0 Å². The first-order valence-corrected chi connectivity index (χ1v) is 5.07. The summed E-state index contributed by atoms with van der Waals surface area (Å²) in [7, 11) is 0. The van der Waals surface area contributed by atoms with Gasteiger partial charge in [-0.15, -0.1) is 11.3 Å². The first kappa shape index (κ1) is 7.76. The topological polar surface area (TPSA) is 30.2 Å². The van der Waals surface area contributed by atoms with Crippen molar-refractivity contribution in [1.29, 1.82) is 0 Å². The summed E-state index contributed by atoms with van der Waals surface area (Å²) in [5.74, 6) is 0. The van der Waals surface area contributed by atoms with Gasteiger partial charge in [-0.2, -0.15) is 0 Å². The molecule has 0 spiro atoms. The van der Waals surface area contributed by atoms with Gasteiger partial charge in [-0.3, -0.25) is 0 Å². The predicted octanol–water partition coefficient (Wildman–Crippen LogP) is 3.01. The monoisotopic (exact) mass is 202 g/mol. The fourth-order valence-electron chi connectivity index (χ4n) is 1.60. The van der Waals surface area contributed by atoms with Crippen LogP contribution in [-0.4, -0.2) is 0 Å². The molecule has 2 nitrogen and oxygen atoms in total. The van der Waals surface area contributed by atoms with Crippen LogP contribution in [0.2, 0.25) is 0 Å². The van der Waals surface area contributed by atoms with Gasteiger partial charge in [-0.25, -0.2) is 4.79 Å². The van der Waals surface area contributed by atoms with E-state index in [0.29, 0.717) is 4.70 Å². The van der Waals surface area contributed by atoms with Gasteiger partial charge in [0.25, 0.3) is 0 Å². The van der Waals surface area contributed by atoms with E-state index in [4.69, 9.17) is 4.42 Å². The zero-order chi connectivity index (χ0) is 9.54. The molecule has 0 radical (unpaired) electrons. The average molecular weight is 202 g/mol. The first-order valence-electron chi connectivity index (χ1n) is 4.25. The summed E-state index contributed by atoms with van der Waals surface area (Å²) in [6, 6.07) is 9.82. The summed E-state index contributed by atoms with van der Waals surface area (Å²) < 4.78 is 6.65. The molecule has 0 N–H and O–H groups in total. The van der Waals surface area contributed by atoms with Gasteiger partial charge in [0, 0.05) is 15.5 Å². The minimum atomic E-state index is -0.247. The number of benzene rings is 1. The van der Waals surface area contributed by atoms with Crippen LogP contribution in [0.15, 0.2) is 45.8 Å². The maximum Gasteiger partial charge on any atom is 0.353 e. The maximum atomic E-state index is 11.4. The van der Waals surface area contributed by atoms with Crippen LogP contribution in [0.4, 0.5) is 0 Å². The summed E-state index contributed by atoms with van der Waals surface area (Å²) in [5, 5.41) is 2.11. The summed E-state index contributed by atoms with van der Waals surface area (Å²) in [4.78, 5) is 11.4. The van der Waals surface area contributed by atoms with Crippen LogP contribution in [0.5, 0.6) is 0 Å². The van der Waals surface area contributed by atoms with Gasteiger partial charge in [0.2, 0.25) is 0 Å². The fraction of sp³-hybridized carbons (Fsp3) is 0. The number of rotatable bonds is 0. The van der Waals surface area contributed by atoms with E-state index in [1.807, 2.05) is 30.3 Å². The quantitative estimate of drug-likeness (QED) is 0.561. The minimum absolute atomic E-state index is 0.247. The number of thiophene rings is 1. The Balaban J connectivity index is 2.70. The van der Waals surface area contributed by atoms with Crippen molar-refractivity contribution in [3.05, 3.63) is 47.0 Å². The lowest BCUT2D eigenvalue weighted by Gasteiger charge is -1.87. The highest BCUT2D eigenvalue weighted by atomic mass is 32.1. The average Bonchev–Trinajstić information content (AvgIpc) is 2.59. The van der Waals surface area contributed by atoms with Crippen LogP contribution in [0.1, 0.15) is 0 Å². The SMILES string of the molecule is O=c1occc2c1sc1ccccc12. The van der Waals surface area contributed by atoms with Gasteiger partial charge in [0.05, 0.1) is 6.26 Å². The van der Waals surface area contributed by atoms with Crippen LogP contribution >= 0.6 is 11.3 Å². The van der Waals surface area contributed by atoms with Gasteiger partial charge in [0.1, 0.15) is 4.70 Å². The normalized spacial score (nSPS) is 11.1. The lowest BCUT2D eigenvalue weighted by molar-refractivity contribution is 0.520. The van der Waals surface area contributed by atoms with Crippen molar-refractivity contribution in [1.82, 2.24) is 0 Å². The third kappa shape index (κ3) is 0.930. The lowest BCUT2D eigenvalue weighted by Crippen LogP contribution is -1.93. The van der Waals surface area contributed by atoms with E-state index in [0.717, 1.165) is 15.5 Å². The van der Waals surface area contributed by atoms with E-state index in [1.165, 1.54) is 17.6 Å². The molecule has 2 heterocycles. The maximum absolute atomic E-state index is 11.4. The van der Waals surface area contributed by atoms with Crippen LogP contribution in [0.3, 0.4) is 0 Å². The molecule has 0 saturated carbocycles. The van der Waals surface area contributed by atoms with Gasteiger partial charge in [-0.05, 0) is 12.1 Å². The van der Waals surface area contributed by atoms with Gasteiger partial charge < -0.3 is 4.42 Å². The second-order valence-corrected chi connectivity index (χ2v) is 4.10. The Morgan fingerprint density at radius 2 is 1.93 bits per heavy atom. The zero-order valence-electron chi connectivity index (χ0n) is 7.19. The molecule has 0 atom stereocenters. The molecule has 2 aromatic heterocycles. The summed E-state index contributed by atoms with van der Waals surface area (Å²) in [5.41, 5.74) is -0.247. The summed E-state index contributed by atoms with van der Waals surface area (Å²) in [6.07, 6.45) is 1.45.